The lowest BCUT2D eigenvalue weighted by Gasteiger charge is -2.15. The first-order valence-corrected chi connectivity index (χ1v) is 7.31. The van der Waals surface area contributed by atoms with Crippen molar-refractivity contribution in [2.75, 3.05) is 26.6 Å². The average molecular weight is 342 g/mol. The van der Waals surface area contributed by atoms with Crippen LogP contribution in [0.15, 0.2) is 30.3 Å². The smallest absolute Gasteiger partial charge is 0.164 e. The van der Waals surface area contributed by atoms with Crippen LogP contribution in [0.2, 0.25) is 10.0 Å². The molecular formula is C16H17Cl2NO3. The van der Waals surface area contributed by atoms with Gasteiger partial charge in [-0.25, -0.2) is 0 Å². The quantitative estimate of drug-likeness (QED) is 0.831. The maximum absolute atomic E-state index is 5.99. The second-order valence-electron chi connectivity index (χ2n) is 4.53. The van der Waals surface area contributed by atoms with E-state index in [1.807, 2.05) is 6.07 Å². The molecule has 0 amide bonds. The summed E-state index contributed by atoms with van der Waals surface area (Å²) < 4.78 is 16.0. The molecular weight excluding hydrogens is 325 g/mol. The molecule has 0 aromatic heterocycles. The van der Waals surface area contributed by atoms with Crippen molar-refractivity contribution >= 4 is 28.9 Å². The molecule has 0 aliphatic carbocycles. The van der Waals surface area contributed by atoms with Crippen molar-refractivity contribution in [1.29, 1.82) is 0 Å². The Morgan fingerprint density at radius 3 is 1.86 bits per heavy atom. The number of ether oxygens (including phenoxy) is 3. The van der Waals surface area contributed by atoms with E-state index in [0.717, 1.165) is 11.3 Å². The number of halogens is 2. The molecule has 0 aliphatic heterocycles. The lowest BCUT2D eigenvalue weighted by atomic mass is 10.1. The standard InChI is InChI=1S/C16H17Cl2NO3/c1-20-14-8-16(22-3)15(21-2)4-10(14)9-19-13-6-11(17)5-12(18)7-13/h4-8,19H,9H2,1-3H3. The maximum Gasteiger partial charge on any atom is 0.164 e. The zero-order valence-electron chi connectivity index (χ0n) is 12.6. The van der Waals surface area contributed by atoms with E-state index in [0.29, 0.717) is 33.8 Å². The second-order valence-corrected chi connectivity index (χ2v) is 5.40. The molecule has 1 N–H and O–H groups in total. The summed E-state index contributed by atoms with van der Waals surface area (Å²) in [5.74, 6) is 1.97. The highest BCUT2D eigenvalue weighted by atomic mass is 35.5. The summed E-state index contributed by atoms with van der Waals surface area (Å²) in [6, 6.07) is 8.96. The van der Waals surface area contributed by atoms with Crippen LogP contribution in [0, 0.1) is 0 Å². The lowest BCUT2D eigenvalue weighted by Crippen LogP contribution is -2.03. The van der Waals surface area contributed by atoms with Crippen molar-refractivity contribution in [3.63, 3.8) is 0 Å². The van der Waals surface area contributed by atoms with E-state index in [-0.39, 0.29) is 0 Å². The highest BCUT2D eigenvalue weighted by Crippen LogP contribution is 2.35. The molecule has 0 fully saturated rings. The first kappa shape index (κ1) is 16.6. The number of anilines is 1. The third-order valence-corrected chi connectivity index (χ3v) is 3.57. The van der Waals surface area contributed by atoms with Gasteiger partial charge in [0.1, 0.15) is 5.75 Å². The van der Waals surface area contributed by atoms with Crippen LogP contribution in [0.5, 0.6) is 17.2 Å². The first-order chi connectivity index (χ1) is 10.6. The Labute approximate surface area is 139 Å². The van der Waals surface area contributed by atoms with Crippen LogP contribution in [-0.4, -0.2) is 21.3 Å². The molecule has 2 aromatic rings. The van der Waals surface area contributed by atoms with Crippen LogP contribution >= 0.6 is 23.2 Å². The zero-order valence-corrected chi connectivity index (χ0v) is 14.1. The van der Waals surface area contributed by atoms with Gasteiger partial charge in [-0.05, 0) is 24.3 Å². The van der Waals surface area contributed by atoms with Crippen LogP contribution in [0.3, 0.4) is 0 Å². The summed E-state index contributed by atoms with van der Waals surface area (Å²) in [4.78, 5) is 0. The van der Waals surface area contributed by atoms with Gasteiger partial charge in [-0.3, -0.25) is 0 Å². The predicted molar refractivity (Wildman–Crippen MR) is 89.9 cm³/mol. The molecule has 118 valence electrons. The minimum atomic E-state index is 0.528. The average Bonchev–Trinajstić information content (AvgIpc) is 2.51. The second kappa shape index (κ2) is 7.47. The Morgan fingerprint density at radius 2 is 1.32 bits per heavy atom. The Balaban J connectivity index is 2.24. The van der Waals surface area contributed by atoms with Crippen LogP contribution < -0.4 is 19.5 Å². The zero-order chi connectivity index (χ0) is 16.1. The van der Waals surface area contributed by atoms with Crippen molar-refractivity contribution in [3.05, 3.63) is 45.9 Å². The van der Waals surface area contributed by atoms with Gasteiger partial charge in [-0.15, -0.1) is 0 Å². The summed E-state index contributed by atoms with van der Waals surface area (Å²) in [5, 5.41) is 4.42. The van der Waals surface area contributed by atoms with Crippen LogP contribution in [0.1, 0.15) is 5.56 Å². The minimum Gasteiger partial charge on any atom is -0.496 e. The highest BCUT2D eigenvalue weighted by molar-refractivity contribution is 6.35. The van der Waals surface area contributed by atoms with E-state index in [1.54, 1.807) is 45.6 Å². The number of rotatable bonds is 6. The molecule has 0 saturated carbocycles. The normalized spacial score (nSPS) is 10.2. The third kappa shape index (κ3) is 3.90. The van der Waals surface area contributed by atoms with E-state index in [2.05, 4.69) is 5.32 Å². The molecule has 6 heteroatoms. The Kier molecular flexibility index (Phi) is 5.63. The Hall–Kier alpha value is -1.78. The topological polar surface area (TPSA) is 39.7 Å². The van der Waals surface area contributed by atoms with Crippen molar-refractivity contribution in [2.24, 2.45) is 0 Å². The summed E-state index contributed by atoms with van der Waals surface area (Å²) in [6.45, 7) is 0.528. The van der Waals surface area contributed by atoms with Gasteiger partial charge in [-0.1, -0.05) is 23.2 Å². The number of methoxy groups -OCH3 is 3. The summed E-state index contributed by atoms with van der Waals surface area (Å²) in [7, 11) is 4.79. The maximum atomic E-state index is 5.99. The molecule has 4 nitrogen and oxygen atoms in total. The van der Waals surface area contributed by atoms with Gasteiger partial charge in [0.25, 0.3) is 0 Å². The molecule has 0 unspecified atom stereocenters. The number of hydrogen-bond donors (Lipinski definition) is 1. The molecule has 2 rings (SSSR count). The lowest BCUT2D eigenvalue weighted by molar-refractivity contribution is 0.347. The number of nitrogens with one attached hydrogen (secondary N) is 1. The molecule has 0 spiro atoms. The van der Waals surface area contributed by atoms with Crippen LogP contribution in [0.4, 0.5) is 5.69 Å². The first-order valence-electron chi connectivity index (χ1n) is 6.56. The predicted octanol–water partition coefficient (Wildman–Crippen LogP) is 4.63. The molecule has 0 atom stereocenters. The molecule has 0 saturated heterocycles. The molecule has 0 heterocycles. The molecule has 2 aromatic carbocycles. The molecule has 0 bridgehead atoms. The fourth-order valence-corrected chi connectivity index (χ4v) is 2.61. The van der Waals surface area contributed by atoms with Crippen molar-refractivity contribution in [2.45, 2.75) is 6.54 Å². The monoisotopic (exact) mass is 341 g/mol. The SMILES string of the molecule is COc1cc(OC)c(OC)cc1CNc1cc(Cl)cc(Cl)c1. The van der Waals surface area contributed by atoms with E-state index >= 15 is 0 Å². The van der Waals surface area contributed by atoms with E-state index in [4.69, 9.17) is 37.4 Å². The van der Waals surface area contributed by atoms with Gasteiger partial charge < -0.3 is 19.5 Å². The number of hydrogen-bond acceptors (Lipinski definition) is 4. The Bertz CT molecular complexity index is 642. The third-order valence-electron chi connectivity index (χ3n) is 3.13. The Morgan fingerprint density at radius 1 is 0.773 bits per heavy atom. The van der Waals surface area contributed by atoms with Gasteiger partial charge >= 0.3 is 0 Å². The van der Waals surface area contributed by atoms with Crippen molar-refractivity contribution < 1.29 is 14.2 Å². The van der Waals surface area contributed by atoms with Gasteiger partial charge in [0.05, 0.1) is 21.3 Å². The van der Waals surface area contributed by atoms with E-state index < -0.39 is 0 Å². The van der Waals surface area contributed by atoms with Gasteiger partial charge in [0.2, 0.25) is 0 Å². The summed E-state index contributed by atoms with van der Waals surface area (Å²) in [6.07, 6.45) is 0. The van der Waals surface area contributed by atoms with E-state index in [1.165, 1.54) is 0 Å². The molecule has 0 aliphatic rings. The summed E-state index contributed by atoms with van der Waals surface area (Å²) in [5.41, 5.74) is 1.76. The van der Waals surface area contributed by atoms with Crippen LogP contribution in [-0.2, 0) is 6.54 Å². The largest absolute Gasteiger partial charge is 0.496 e. The fraction of sp³-hybridized carbons (Fsp3) is 0.250. The highest BCUT2D eigenvalue weighted by Gasteiger charge is 2.11. The fourth-order valence-electron chi connectivity index (χ4n) is 2.08. The van der Waals surface area contributed by atoms with E-state index in [9.17, 15) is 0 Å². The molecule has 0 radical (unpaired) electrons. The van der Waals surface area contributed by atoms with Gasteiger partial charge in [0.15, 0.2) is 11.5 Å². The van der Waals surface area contributed by atoms with Crippen molar-refractivity contribution in [3.8, 4) is 17.2 Å². The van der Waals surface area contributed by atoms with Crippen molar-refractivity contribution in [1.82, 2.24) is 0 Å². The minimum absolute atomic E-state index is 0.528. The summed E-state index contributed by atoms with van der Waals surface area (Å²) >= 11 is 12.0. The van der Waals surface area contributed by atoms with Crippen LogP contribution in [0.25, 0.3) is 0 Å². The molecule has 22 heavy (non-hydrogen) atoms. The van der Waals surface area contributed by atoms with Gasteiger partial charge in [-0.2, -0.15) is 0 Å². The number of benzene rings is 2. The van der Waals surface area contributed by atoms with Gasteiger partial charge in [0, 0.05) is 33.9 Å².